The molecule has 3 aromatic rings. The van der Waals surface area contributed by atoms with Crippen molar-refractivity contribution in [3.63, 3.8) is 0 Å². The zero-order valence-electron chi connectivity index (χ0n) is 13.0. The molecule has 0 unspecified atom stereocenters. The van der Waals surface area contributed by atoms with Gasteiger partial charge >= 0.3 is 0 Å². The molecule has 0 aliphatic carbocycles. The fraction of sp³-hybridized carbons (Fsp3) is 0.222. The minimum atomic E-state index is -0.0816. The molecule has 0 radical (unpaired) electrons. The summed E-state index contributed by atoms with van der Waals surface area (Å²) >= 11 is 0. The molecule has 0 spiro atoms. The molecule has 0 bridgehead atoms. The lowest BCUT2D eigenvalue weighted by molar-refractivity contribution is 0.0971. The van der Waals surface area contributed by atoms with Crippen LogP contribution in [0.3, 0.4) is 0 Å². The number of pyridine rings is 1. The first-order valence-corrected chi connectivity index (χ1v) is 7.62. The Labute approximate surface area is 133 Å². The zero-order chi connectivity index (χ0) is 16.1. The van der Waals surface area contributed by atoms with Crippen molar-refractivity contribution in [2.75, 3.05) is 5.32 Å². The first-order chi connectivity index (χ1) is 11.1. The monoisotopic (exact) mass is 307 g/mol. The molecule has 5 heteroatoms. The van der Waals surface area contributed by atoms with E-state index in [9.17, 15) is 9.90 Å². The van der Waals surface area contributed by atoms with Crippen molar-refractivity contribution < 1.29 is 9.90 Å². The highest BCUT2D eigenvalue weighted by Crippen LogP contribution is 2.38. The van der Waals surface area contributed by atoms with Gasteiger partial charge in [-0.15, -0.1) is 0 Å². The Morgan fingerprint density at radius 1 is 1.26 bits per heavy atom. The lowest BCUT2D eigenvalue weighted by Crippen LogP contribution is -2.23. The summed E-state index contributed by atoms with van der Waals surface area (Å²) in [6, 6.07) is 11.4. The minimum Gasteiger partial charge on any atom is -0.494 e. The van der Waals surface area contributed by atoms with Gasteiger partial charge in [-0.2, -0.15) is 0 Å². The summed E-state index contributed by atoms with van der Waals surface area (Å²) in [6.07, 6.45) is 0.366. The molecule has 3 heterocycles. The Bertz CT molecular complexity index is 929. The smallest absolute Gasteiger partial charge is 0.197 e. The highest BCUT2D eigenvalue weighted by Gasteiger charge is 2.29. The van der Waals surface area contributed by atoms with E-state index in [1.54, 1.807) is 4.40 Å². The molecule has 2 N–H and O–H groups in total. The summed E-state index contributed by atoms with van der Waals surface area (Å²) in [5.74, 6) is 0.0638. The van der Waals surface area contributed by atoms with Crippen molar-refractivity contribution in [1.82, 2.24) is 9.38 Å². The Balaban J connectivity index is 1.92. The largest absolute Gasteiger partial charge is 0.494 e. The van der Waals surface area contributed by atoms with Crippen molar-refractivity contribution >= 4 is 17.1 Å². The predicted octanol–water partition coefficient (Wildman–Crippen LogP) is 3.40. The fourth-order valence-electron chi connectivity index (χ4n) is 3.21. The Kier molecular flexibility index (Phi) is 2.91. The molecule has 0 amide bonds. The van der Waals surface area contributed by atoms with Gasteiger partial charge in [0.2, 0.25) is 0 Å². The van der Waals surface area contributed by atoms with Gasteiger partial charge in [0.05, 0.1) is 17.4 Å². The number of imidazole rings is 1. The number of nitrogens with zero attached hydrogens (tertiary/aromatic N) is 2. The van der Waals surface area contributed by atoms with Crippen LogP contribution in [0.15, 0.2) is 36.4 Å². The quantitative estimate of drug-likeness (QED) is 0.723. The van der Waals surface area contributed by atoms with Crippen molar-refractivity contribution in [2.45, 2.75) is 26.3 Å². The van der Waals surface area contributed by atoms with Gasteiger partial charge in [0, 0.05) is 23.7 Å². The molecular formula is C18H17N3O2. The number of fused-ring (bicyclic) bond motifs is 3. The first-order valence-electron chi connectivity index (χ1n) is 7.62. The van der Waals surface area contributed by atoms with Gasteiger partial charge in [0.1, 0.15) is 0 Å². The molecular weight excluding hydrogens is 290 g/mol. The van der Waals surface area contributed by atoms with E-state index in [0.29, 0.717) is 23.3 Å². The van der Waals surface area contributed by atoms with Gasteiger partial charge in [-0.1, -0.05) is 30.3 Å². The van der Waals surface area contributed by atoms with E-state index < -0.39 is 0 Å². The van der Waals surface area contributed by atoms with Crippen molar-refractivity contribution in [2.24, 2.45) is 0 Å². The van der Waals surface area contributed by atoms with Crippen LogP contribution in [0.2, 0.25) is 0 Å². The normalized spacial score (nSPS) is 17.1. The topological polar surface area (TPSA) is 66.6 Å². The number of hydrogen-bond donors (Lipinski definition) is 2. The number of benzene rings is 1. The number of rotatable bonds is 1. The number of aryl methyl sites for hydroxylation is 2. The maximum Gasteiger partial charge on any atom is 0.197 e. The van der Waals surface area contributed by atoms with Crippen LogP contribution in [-0.2, 0) is 0 Å². The Morgan fingerprint density at radius 2 is 2.00 bits per heavy atom. The van der Waals surface area contributed by atoms with Crippen LogP contribution >= 0.6 is 0 Å². The van der Waals surface area contributed by atoms with E-state index in [1.807, 2.05) is 44.2 Å². The third kappa shape index (κ3) is 2.00. The molecule has 0 saturated carbocycles. The van der Waals surface area contributed by atoms with E-state index in [4.69, 9.17) is 0 Å². The van der Waals surface area contributed by atoms with E-state index >= 15 is 0 Å². The highest BCUT2D eigenvalue weighted by molar-refractivity contribution is 6.06. The van der Waals surface area contributed by atoms with Crippen molar-refractivity contribution in [1.29, 1.82) is 0 Å². The summed E-state index contributed by atoms with van der Waals surface area (Å²) in [5, 5.41) is 13.7. The van der Waals surface area contributed by atoms with Gasteiger partial charge < -0.3 is 10.4 Å². The van der Waals surface area contributed by atoms with Gasteiger partial charge in [-0.05, 0) is 19.4 Å². The van der Waals surface area contributed by atoms with Crippen LogP contribution < -0.4 is 5.32 Å². The third-order valence-electron chi connectivity index (χ3n) is 4.55. The fourth-order valence-corrected chi connectivity index (χ4v) is 3.21. The summed E-state index contributed by atoms with van der Waals surface area (Å²) in [6.45, 7) is 3.80. The Hall–Kier alpha value is -2.82. The SMILES string of the molecule is Cc1nc2c3c(cc(O)n2c1C)C(=O)C[C@H](c1ccccc1)N3. The molecule has 1 aliphatic heterocycles. The number of ketones is 1. The average molecular weight is 307 g/mol. The van der Waals surface area contributed by atoms with Crippen LogP contribution in [0, 0.1) is 13.8 Å². The number of carbonyl (C=O) groups is 1. The van der Waals surface area contributed by atoms with Crippen molar-refractivity contribution in [3.8, 4) is 5.88 Å². The van der Waals surface area contributed by atoms with Crippen LogP contribution in [0.1, 0.15) is 39.8 Å². The van der Waals surface area contributed by atoms with Gasteiger partial charge in [-0.3, -0.25) is 9.20 Å². The number of nitrogens with one attached hydrogen (secondary N) is 1. The summed E-state index contributed by atoms with van der Waals surface area (Å²) in [4.78, 5) is 17.1. The van der Waals surface area contributed by atoms with Crippen molar-refractivity contribution in [3.05, 3.63) is 58.9 Å². The zero-order valence-corrected chi connectivity index (χ0v) is 13.0. The van der Waals surface area contributed by atoms with Crippen LogP contribution in [0.5, 0.6) is 5.88 Å². The van der Waals surface area contributed by atoms with E-state index in [1.165, 1.54) is 6.07 Å². The molecule has 4 rings (SSSR count). The number of aromatic nitrogens is 2. The second kappa shape index (κ2) is 4.84. The molecule has 116 valence electrons. The molecule has 0 saturated heterocycles. The molecule has 1 aliphatic rings. The first kappa shape index (κ1) is 13.8. The average Bonchev–Trinajstić information content (AvgIpc) is 2.85. The summed E-state index contributed by atoms with van der Waals surface area (Å²) < 4.78 is 1.68. The Morgan fingerprint density at radius 3 is 2.74 bits per heavy atom. The molecule has 0 fully saturated rings. The summed E-state index contributed by atoms with van der Waals surface area (Å²) in [7, 11) is 0. The number of carbonyl (C=O) groups excluding carboxylic acids is 1. The standard InChI is InChI=1S/C18H17N3O2/c1-10-11(2)21-16(23)8-13-15(22)9-14(12-6-4-3-5-7-12)20-17(13)18(21)19-10/h3-8,14,20,23H,9H2,1-2H3/t14-/m1/s1. The summed E-state index contributed by atoms with van der Waals surface area (Å²) in [5.41, 5.74) is 4.58. The second-order valence-electron chi connectivity index (χ2n) is 5.97. The van der Waals surface area contributed by atoms with Gasteiger partial charge in [0.15, 0.2) is 17.3 Å². The molecule has 23 heavy (non-hydrogen) atoms. The number of Topliss-reactive ketones (excluding diaryl/α,β-unsaturated/α-hetero) is 1. The third-order valence-corrected chi connectivity index (χ3v) is 4.55. The van der Waals surface area contributed by atoms with Crippen LogP contribution in [0.4, 0.5) is 5.69 Å². The van der Waals surface area contributed by atoms with Crippen LogP contribution in [-0.4, -0.2) is 20.3 Å². The number of anilines is 1. The minimum absolute atomic E-state index is 0.0173. The lowest BCUT2D eigenvalue weighted by atomic mass is 9.93. The predicted molar refractivity (Wildman–Crippen MR) is 88.1 cm³/mol. The molecule has 5 nitrogen and oxygen atoms in total. The van der Waals surface area contributed by atoms with E-state index in [-0.39, 0.29) is 17.7 Å². The number of hydrogen-bond acceptors (Lipinski definition) is 4. The second-order valence-corrected chi connectivity index (χ2v) is 5.97. The van der Waals surface area contributed by atoms with Gasteiger partial charge in [0.25, 0.3) is 0 Å². The molecule has 2 aromatic heterocycles. The lowest BCUT2D eigenvalue weighted by Gasteiger charge is -2.27. The van der Waals surface area contributed by atoms with Crippen LogP contribution in [0.25, 0.3) is 5.65 Å². The maximum atomic E-state index is 12.6. The maximum absolute atomic E-state index is 12.6. The van der Waals surface area contributed by atoms with E-state index in [0.717, 1.165) is 17.0 Å². The van der Waals surface area contributed by atoms with Gasteiger partial charge in [-0.25, -0.2) is 4.98 Å². The molecule has 1 atom stereocenters. The molecule has 1 aromatic carbocycles. The highest BCUT2D eigenvalue weighted by atomic mass is 16.3. The van der Waals surface area contributed by atoms with E-state index in [2.05, 4.69) is 10.3 Å². The number of aromatic hydroxyl groups is 1.